The Labute approximate surface area is 348 Å². The lowest BCUT2D eigenvalue weighted by Gasteiger charge is -2.33. The first-order valence-electron chi connectivity index (χ1n) is 20.4. The van der Waals surface area contributed by atoms with E-state index < -0.39 is 36.0 Å². The lowest BCUT2D eigenvalue weighted by atomic mass is 9.95. The van der Waals surface area contributed by atoms with Crippen molar-refractivity contribution in [2.45, 2.75) is 57.7 Å². The van der Waals surface area contributed by atoms with Gasteiger partial charge in [0.15, 0.2) is 6.29 Å². The van der Waals surface area contributed by atoms with Crippen molar-refractivity contribution in [3.05, 3.63) is 88.5 Å². The number of amides is 1. The second-order valence-corrected chi connectivity index (χ2v) is 15.4. The number of carbonyl (C=O) groups excluding carboxylic acids is 1. The van der Waals surface area contributed by atoms with E-state index in [4.69, 9.17) is 4.74 Å². The number of carboxylic acids is 2. The maximum atomic E-state index is 14.8. The van der Waals surface area contributed by atoms with Crippen LogP contribution in [0, 0.1) is 6.92 Å². The van der Waals surface area contributed by atoms with Gasteiger partial charge in [0, 0.05) is 64.5 Å². The molecule has 2 aliphatic heterocycles. The van der Waals surface area contributed by atoms with E-state index in [1.54, 1.807) is 20.8 Å². The van der Waals surface area contributed by atoms with Gasteiger partial charge in [0.25, 0.3) is 0 Å². The van der Waals surface area contributed by atoms with Crippen molar-refractivity contribution in [2.24, 2.45) is 0 Å². The predicted molar refractivity (Wildman–Crippen MR) is 221 cm³/mol. The van der Waals surface area contributed by atoms with Gasteiger partial charge in [-0.2, -0.15) is 13.2 Å². The molecule has 13 nitrogen and oxygen atoms in total. The molecule has 2 fully saturated rings. The zero-order chi connectivity index (χ0) is 43.2. The number of nitrogens with zero attached hydrogens (tertiary/aromatic N) is 4. The quantitative estimate of drug-likeness (QED) is 0.0736. The zero-order valence-electron chi connectivity index (χ0n) is 33.9. The first kappa shape index (κ1) is 46.2. The van der Waals surface area contributed by atoms with E-state index in [-0.39, 0.29) is 62.1 Å². The van der Waals surface area contributed by atoms with Crippen molar-refractivity contribution >= 4 is 30.0 Å². The molecule has 5 N–H and O–H groups in total. The SMILES string of the molecule is Cc1c(/C=C/c2cc(OCCCNC(=O)CN3CCN(CC(=O)O)CCN(CC(O)O)CC3)c(CN3CCCC[C@H]3C(=O)O)cc2C(F)(F)F)cccc1-c1ccccc1. The summed E-state index contributed by atoms with van der Waals surface area (Å²) < 4.78 is 50.4. The number of aliphatic carboxylic acids is 2. The number of nitrogens with one attached hydrogen (secondary N) is 1. The standard InChI is InChI=1S/C44H56F3N5O8/c1-31-32(11-7-12-36(31)33-9-3-2-4-10-33)14-15-34-26-39(35(25-37(34)44(45,46)47)27-52-17-6-5-13-38(52)43(58)59)60-24-8-16-48-40(53)28-49-18-20-50(29-41(54)55)22-23-51(21-19-49)30-42(56)57/h2-4,7,9-12,14-15,25-26,38,41,54-55H,5-6,8,13,16-24,27-30H2,1H3,(H,48,53)(H,56,57)(H,58,59)/b15-14+/t38-/m0/s1. The molecule has 0 aliphatic carbocycles. The molecule has 5 rings (SSSR count). The Hall–Kier alpha value is -4.84. The maximum absolute atomic E-state index is 14.8. The van der Waals surface area contributed by atoms with Crippen LogP contribution in [0.25, 0.3) is 23.3 Å². The van der Waals surface area contributed by atoms with Crippen molar-refractivity contribution in [3.63, 3.8) is 0 Å². The number of alkyl halides is 3. The van der Waals surface area contributed by atoms with Crippen LogP contribution in [-0.2, 0) is 27.1 Å². The molecular formula is C44H56F3N5O8. The Bertz CT molecular complexity index is 1930. The molecule has 0 bridgehead atoms. The van der Waals surface area contributed by atoms with Crippen LogP contribution in [0.3, 0.4) is 0 Å². The molecule has 1 atom stereocenters. The highest BCUT2D eigenvalue weighted by Gasteiger charge is 2.35. The van der Waals surface area contributed by atoms with Crippen LogP contribution in [0.2, 0.25) is 0 Å². The van der Waals surface area contributed by atoms with Gasteiger partial charge in [0.05, 0.1) is 25.3 Å². The molecule has 0 spiro atoms. The number of benzene rings is 3. The minimum absolute atomic E-state index is 0.0140. The van der Waals surface area contributed by atoms with E-state index in [0.717, 1.165) is 34.7 Å². The first-order valence-corrected chi connectivity index (χ1v) is 20.4. The largest absolute Gasteiger partial charge is 0.493 e. The van der Waals surface area contributed by atoms with Crippen molar-refractivity contribution in [3.8, 4) is 16.9 Å². The van der Waals surface area contributed by atoms with Gasteiger partial charge >= 0.3 is 18.1 Å². The Morgan fingerprint density at radius 3 is 2.17 bits per heavy atom. The molecule has 326 valence electrons. The number of piperidine rings is 1. The van der Waals surface area contributed by atoms with Gasteiger partial charge in [-0.25, -0.2) is 0 Å². The van der Waals surface area contributed by atoms with Crippen LogP contribution in [0.4, 0.5) is 13.2 Å². The second kappa shape index (κ2) is 22.1. The summed E-state index contributed by atoms with van der Waals surface area (Å²) in [5.41, 5.74) is 2.83. The number of ether oxygens (including phenoxy) is 1. The Balaban J connectivity index is 1.30. The number of rotatable bonds is 17. The third-order valence-corrected chi connectivity index (χ3v) is 11.0. The van der Waals surface area contributed by atoms with Gasteiger partial charge in [0.2, 0.25) is 5.91 Å². The Morgan fingerprint density at radius 1 is 0.850 bits per heavy atom. The van der Waals surface area contributed by atoms with E-state index in [1.165, 1.54) is 12.1 Å². The zero-order valence-corrected chi connectivity index (χ0v) is 33.9. The van der Waals surface area contributed by atoms with Crippen molar-refractivity contribution in [1.82, 2.24) is 24.9 Å². The summed E-state index contributed by atoms with van der Waals surface area (Å²) in [5.74, 6) is -2.10. The molecule has 0 aromatic heterocycles. The van der Waals surface area contributed by atoms with Crippen molar-refractivity contribution in [1.29, 1.82) is 0 Å². The third-order valence-electron chi connectivity index (χ3n) is 11.0. The highest BCUT2D eigenvalue weighted by Crippen LogP contribution is 2.38. The van der Waals surface area contributed by atoms with Gasteiger partial charge in [0.1, 0.15) is 11.8 Å². The fraction of sp³-hybridized carbons (Fsp3) is 0.477. The summed E-state index contributed by atoms with van der Waals surface area (Å²) in [4.78, 5) is 43.7. The summed E-state index contributed by atoms with van der Waals surface area (Å²) >= 11 is 0. The van der Waals surface area contributed by atoms with Crippen LogP contribution in [0.1, 0.15) is 53.5 Å². The molecule has 60 heavy (non-hydrogen) atoms. The average Bonchev–Trinajstić information content (AvgIpc) is 3.28. The van der Waals surface area contributed by atoms with Crippen molar-refractivity contribution in [2.75, 3.05) is 78.6 Å². The van der Waals surface area contributed by atoms with E-state index in [9.17, 15) is 48.0 Å². The number of halogens is 3. The fourth-order valence-corrected chi connectivity index (χ4v) is 7.75. The number of carboxylic acid groups (broad SMARTS) is 2. The predicted octanol–water partition coefficient (Wildman–Crippen LogP) is 4.49. The van der Waals surface area contributed by atoms with Crippen molar-refractivity contribution < 1.29 is 52.7 Å². The molecule has 2 saturated heterocycles. The van der Waals surface area contributed by atoms with E-state index >= 15 is 0 Å². The summed E-state index contributed by atoms with van der Waals surface area (Å²) in [6, 6.07) is 17.0. The van der Waals surface area contributed by atoms with Gasteiger partial charge in [-0.1, -0.05) is 67.1 Å². The topological polar surface area (TPSA) is 166 Å². The highest BCUT2D eigenvalue weighted by atomic mass is 19.4. The van der Waals surface area contributed by atoms with E-state index in [1.807, 2.05) is 60.4 Å². The molecule has 16 heteroatoms. The van der Waals surface area contributed by atoms with Gasteiger partial charge < -0.3 is 30.5 Å². The van der Waals surface area contributed by atoms with Gasteiger partial charge in [-0.15, -0.1) is 0 Å². The molecule has 3 aromatic rings. The Morgan fingerprint density at radius 2 is 1.52 bits per heavy atom. The first-order chi connectivity index (χ1) is 28.7. The van der Waals surface area contributed by atoms with Gasteiger partial charge in [-0.3, -0.25) is 34.0 Å². The Kier molecular flexibility index (Phi) is 17.1. The number of aliphatic hydroxyl groups is 2. The number of hydrogen-bond donors (Lipinski definition) is 5. The van der Waals surface area contributed by atoms with Crippen LogP contribution >= 0.6 is 0 Å². The number of hydrogen-bond acceptors (Lipinski definition) is 10. The number of carbonyl (C=O) groups is 3. The number of aliphatic hydroxyl groups excluding tert-OH is 1. The summed E-state index contributed by atoms with van der Waals surface area (Å²) in [6.07, 6.45) is -1.06. The highest BCUT2D eigenvalue weighted by molar-refractivity contribution is 5.79. The minimum Gasteiger partial charge on any atom is -0.493 e. The monoisotopic (exact) mass is 839 g/mol. The summed E-state index contributed by atoms with van der Waals surface area (Å²) in [7, 11) is 0. The molecule has 0 unspecified atom stereocenters. The van der Waals surface area contributed by atoms with Gasteiger partial charge in [-0.05, 0) is 72.7 Å². The smallest absolute Gasteiger partial charge is 0.417 e. The maximum Gasteiger partial charge on any atom is 0.417 e. The van der Waals surface area contributed by atoms with Crippen LogP contribution in [-0.4, -0.2) is 149 Å². The molecule has 0 saturated carbocycles. The average molecular weight is 840 g/mol. The third kappa shape index (κ3) is 13.9. The van der Waals surface area contributed by atoms with Crippen LogP contribution < -0.4 is 10.1 Å². The fourth-order valence-electron chi connectivity index (χ4n) is 7.75. The lowest BCUT2D eigenvalue weighted by molar-refractivity contribution is -0.145. The lowest BCUT2D eigenvalue weighted by Crippen LogP contribution is -2.44. The molecule has 3 aromatic carbocycles. The summed E-state index contributed by atoms with van der Waals surface area (Å²) in [6.45, 7) is 4.91. The molecule has 2 heterocycles. The molecule has 1 amide bonds. The number of likely N-dealkylation sites (tertiary alicyclic amines) is 1. The van der Waals surface area contributed by atoms with Crippen LogP contribution in [0.5, 0.6) is 5.75 Å². The van der Waals surface area contributed by atoms with E-state index in [2.05, 4.69) is 5.32 Å². The normalized spacial score (nSPS) is 17.9. The van der Waals surface area contributed by atoms with Crippen LogP contribution in [0.15, 0.2) is 60.7 Å². The molecular weight excluding hydrogens is 784 g/mol. The molecule has 0 radical (unpaired) electrons. The molecule has 2 aliphatic rings. The summed E-state index contributed by atoms with van der Waals surface area (Å²) in [5, 5.41) is 41.1. The second-order valence-electron chi connectivity index (χ2n) is 15.4. The number of β-amino-alcohol motifs (C(OH)–C–C–N with tert-alkyl or cyclic N) is 2. The van der Waals surface area contributed by atoms with E-state index in [0.29, 0.717) is 65.1 Å². The minimum atomic E-state index is -4.72.